The summed E-state index contributed by atoms with van der Waals surface area (Å²) in [5, 5.41) is 5.24. The zero-order chi connectivity index (χ0) is 40.0. The minimum Gasteiger partial charge on any atom is -0.311 e. The zero-order valence-corrected chi connectivity index (χ0v) is 35.2. The zero-order valence-electron chi connectivity index (χ0n) is 35.2. The predicted molar refractivity (Wildman–Crippen MR) is 251 cm³/mol. The summed E-state index contributed by atoms with van der Waals surface area (Å²) in [4.78, 5) is 5.09. The third-order valence-corrected chi connectivity index (χ3v) is 13.2. The summed E-state index contributed by atoms with van der Waals surface area (Å²) >= 11 is 0. The average molecular weight is 752 g/mol. The molecular formula is C54H50BN3. The van der Waals surface area contributed by atoms with Crippen molar-refractivity contribution in [2.75, 3.05) is 9.80 Å². The van der Waals surface area contributed by atoms with Gasteiger partial charge < -0.3 is 14.2 Å². The van der Waals surface area contributed by atoms with Crippen molar-refractivity contribution < 1.29 is 0 Å². The molecule has 9 aromatic rings. The third kappa shape index (κ3) is 4.93. The highest BCUT2D eigenvalue weighted by Crippen LogP contribution is 2.47. The van der Waals surface area contributed by atoms with Gasteiger partial charge in [0.25, 0.3) is 6.71 Å². The monoisotopic (exact) mass is 751 g/mol. The largest absolute Gasteiger partial charge is 0.311 e. The van der Waals surface area contributed by atoms with Crippen molar-refractivity contribution in [3.63, 3.8) is 0 Å². The Balaban J connectivity index is 1.25. The van der Waals surface area contributed by atoms with E-state index in [-0.39, 0.29) is 23.0 Å². The lowest BCUT2D eigenvalue weighted by Gasteiger charge is -2.44. The molecule has 4 heterocycles. The Kier molecular flexibility index (Phi) is 7.15. The lowest BCUT2D eigenvalue weighted by molar-refractivity contribution is 0.590. The number of aromatic nitrogens is 1. The van der Waals surface area contributed by atoms with Gasteiger partial charge in [0.2, 0.25) is 0 Å². The van der Waals surface area contributed by atoms with Crippen molar-refractivity contribution >= 4 is 95.3 Å². The maximum atomic E-state index is 2.56. The number of benzene rings is 7. The van der Waals surface area contributed by atoms with Crippen molar-refractivity contribution in [1.82, 2.24) is 4.40 Å². The third-order valence-electron chi connectivity index (χ3n) is 13.2. The molecule has 0 spiro atoms. The van der Waals surface area contributed by atoms with E-state index < -0.39 is 0 Å². The molecule has 0 saturated carbocycles. The van der Waals surface area contributed by atoms with Crippen LogP contribution in [-0.2, 0) is 16.2 Å². The molecular weight excluding hydrogens is 701 g/mol. The van der Waals surface area contributed by atoms with Crippen molar-refractivity contribution in [2.24, 2.45) is 0 Å². The van der Waals surface area contributed by atoms with Gasteiger partial charge in [0, 0.05) is 55.7 Å². The number of para-hydroxylation sites is 2. The summed E-state index contributed by atoms with van der Waals surface area (Å²) in [6, 6.07) is 53.7. The number of rotatable bonds is 2. The van der Waals surface area contributed by atoms with Gasteiger partial charge in [-0.3, -0.25) is 0 Å². The normalized spacial score (nSPS) is 14.2. The van der Waals surface area contributed by atoms with Crippen LogP contribution in [0.15, 0.2) is 140 Å². The van der Waals surface area contributed by atoms with E-state index in [1.54, 1.807) is 0 Å². The Bertz CT molecular complexity index is 3110. The molecule has 11 rings (SSSR count). The number of hydrogen-bond acceptors (Lipinski definition) is 2. The first-order valence-corrected chi connectivity index (χ1v) is 21.0. The highest BCUT2D eigenvalue weighted by molar-refractivity contribution is 7.00. The van der Waals surface area contributed by atoms with Crippen LogP contribution in [0.5, 0.6) is 0 Å². The van der Waals surface area contributed by atoms with Gasteiger partial charge in [0.05, 0.1) is 16.6 Å². The van der Waals surface area contributed by atoms with E-state index in [9.17, 15) is 0 Å². The second kappa shape index (κ2) is 11.8. The van der Waals surface area contributed by atoms with E-state index in [0.717, 1.165) is 0 Å². The van der Waals surface area contributed by atoms with Crippen molar-refractivity contribution in [1.29, 1.82) is 0 Å². The summed E-state index contributed by atoms with van der Waals surface area (Å²) < 4.78 is 2.53. The Morgan fingerprint density at radius 2 is 0.879 bits per heavy atom. The molecule has 7 aromatic carbocycles. The molecule has 0 radical (unpaired) electrons. The molecule has 2 aromatic heterocycles. The summed E-state index contributed by atoms with van der Waals surface area (Å²) in [5.74, 6) is 0. The van der Waals surface area contributed by atoms with Crippen molar-refractivity contribution in [3.05, 3.63) is 156 Å². The van der Waals surface area contributed by atoms with Crippen molar-refractivity contribution in [2.45, 2.75) is 78.6 Å². The lowest BCUT2D eigenvalue weighted by atomic mass is 9.33. The lowest BCUT2D eigenvalue weighted by Crippen LogP contribution is -2.61. The Labute approximate surface area is 343 Å². The van der Waals surface area contributed by atoms with E-state index in [1.807, 2.05) is 0 Å². The summed E-state index contributed by atoms with van der Waals surface area (Å²) in [5.41, 5.74) is 19.4. The molecule has 0 fully saturated rings. The quantitative estimate of drug-likeness (QED) is 0.163. The molecule has 0 atom stereocenters. The van der Waals surface area contributed by atoms with E-state index in [0.29, 0.717) is 0 Å². The summed E-state index contributed by atoms with van der Waals surface area (Å²) in [7, 11) is 0. The SMILES string of the molecule is CC(C)(C)c1ccc(N2c3ccc(C(C)(C)C)cc3B3c4cc5c6cccc7c8ccccc8n(c5cc4N(c4ccc(C(C)(C)C)cc4)c4cccc2c43)c76)cc1. The first kappa shape index (κ1) is 35.2. The molecule has 0 unspecified atom stereocenters. The van der Waals surface area contributed by atoms with Crippen molar-refractivity contribution in [3.8, 4) is 0 Å². The second-order valence-electron chi connectivity index (χ2n) is 19.9. The van der Waals surface area contributed by atoms with Crippen LogP contribution in [0.3, 0.4) is 0 Å². The molecule has 3 nitrogen and oxygen atoms in total. The highest BCUT2D eigenvalue weighted by atomic mass is 15.2. The Morgan fingerprint density at radius 1 is 0.379 bits per heavy atom. The summed E-state index contributed by atoms with van der Waals surface area (Å²) in [6.07, 6.45) is 0. The van der Waals surface area contributed by atoms with Gasteiger partial charge in [-0.15, -0.1) is 0 Å². The number of fused-ring (bicyclic) bond motifs is 10. The first-order chi connectivity index (χ1) is 27.7. The van der Waals surface area contributed by atoms with Gasteiger partial charge in [-0.25, -0.2) is 0 Å². The van der Waals surface area contributed by atoms with Crippen LogP contribution in [0.25, 0.3) is 38.1 Å². The molecule has 4 heteroatoms. The van der Waals surface area contributed by atoms with Crippen LogP contribution < -0.4 is 26.2 Å². The molecule has 0 saturated heterocycles. The molecule has 0 amide bonds. The fourth-order valence-electron chi connectivity index (χ4n) is 10.1. The Hall–Kier alpha value is -6.00. The number of hydrogen-bond donors (Lipinski definition) is 0. The van der Waals surface area contributed by atoms with Gasteiger partial charge in [-0.1, -0.05) is 147 Å². The van der Waals surface area contributed by atoms with Gasteiger partial charge >= 0.3 is 0 Å². The van der Waals surface area contributed by atoms with E-state index in [1.165, 1.54) is 105 Å². The molecule has 0 bridgehead atoms. The molecule has 0 aliphatic carbocycles. The molecule has 2 aliphatic rings. The van der Waals surface area contributed by atoms with E-state index >= 15 is 0 Å². The molecule has 2 aliphatic heterocycles. The van der Waals surface area contributed by atoms with E-state index in [4.69, 9.17) is 0 Å². The maximum absolute atomic E-state index is 2.56. The van der Waals surface area contributed by atoms with Crippen LogP contribution in [0, 0.1) is 0 Å². The predicted octanol–water partition coefficient (Wildman–Crippen LogP) is 12.8. The molecule has 0 N–H and O–H groups in total. The average Bonchev–Trinajstić information content (AvgIpc) is 3.71. The molecule has 284 valence electrons. The topological polar surface area (TPSA) is 10.9 Å². The number of anilines is 6. The van der Waals surface area contributed by atoms with Gasteiger partial charge in [0.1, 0.15) is 0 Å². The fraction of sp³-hybridized carbons (Fsp3) is 0.222. The van der Waals surface area contributed by atoms with Crippen LogP contribution in [0.2, 0.25) is 0 Å². The van der Waals surface area contributed by atoms with E-state index in [2.05, 4.69) is 216 Å². The van der Waals surface area contributed by atoms with Crippen LogP contribution in [0.4, 0.5) is 34.1 Å². The maximum Gasteiger partial charge on any atom is 0.252 e. The fourth-order valence-corrected chi connectivity index (χ4v) is 10.1. The van der Waals surface area contributed by atoms with Crippen LogP contribution in [0.1, 0.15) is 79.0 Å². The Morgan fingerprint density at radius 3 is 1.48 bits per heavy atom. The van der Waals surface area contributed by atoms with Gasteiger partial charge in [-0.05, 0) is 104 Å². The first-order valence-electron chi connectivity index (χ1n) is 21.0. The van der Waals surface area contributed by atoms with Crippen LogP contribution in [-0.4, -0.2) is 11.1 Å². The highest BCUT2D eigenvalue weighted by Gasteiger charge is 2.44. The standard InChI is InChI=1S/C54H50BN3/c1-52(2,3)33-20-25-36(26-21-33)56-45-29-24-35(54(7,8)9)30-42(45)55-43-31-41-40-16-12-15-39-38-14-10-11-17-44(38)58(51(39)40)48(41)32-49(43)57(47-19-13-18-46(56)50(47)55)37-27-22-34(23-28-37)53(4,5)6/h10-32H,1-9H3. The van der Waals surface area contributed by atoms with Crippen LogP contribution >= 0.6 is 0 Å². The smallest absolute Gasteiger partial charge is 0.252 e. The molecule has 58 heavy (non-hydrogen) atoms. The summed E-state index contributed by atoms with van der Waals surface area (Å²) in [6.45, 7) is 20.8. The minimum atomic E-state index is -0.00941. The minimum absolute atomic E-state index is 0.00941. The van der Waals surface area contributed by atoms with Gasteiger partial charge in [0.15, 0.2) is 0 Å². The number of nitrogens with zero attached hydrogens (tertiary/aromatic N) is 3. The van der Waals surface area contributed by atoms with Gasteiger partial charge in [-0.2, -0.15) is 0 Å². The second-order valence-corrected chi connectivity index (χ2v) is 19.9.